The fourth-order valence-corrected chi connectivity index (χ4v) is 3.34. The van der Waals surface area contributed by atoms with Crippen molar-refractivity contribution >= 4 is 23.1 Å². The number of hydrogen-bond acceptors (Lipinski definition) is 3. The van der Waals surface area contributed by atoms with Crippen LogP contribution in [0.5, 0.6) is 0 Å². The number of nitrogens with one attached hydrogen (secondary N) is 1. The average Bonchev–Trinajstić information content (AvgIpc) is 2.74. The first kappa shape index (κ1) is 12.0. The molecular weight excluding hydrogens is 270 g/mol. The number of anilines is 2. The van der Waals surface area contributed by atoms with E-state index in [9.17, 15) is 0 Å². The SMILES string of the molecule is C[C@@H]1CN2C[C@H]1Nc1nc(-c3cccc(Cl)c3)ccc12. The number of fused-ring (bicyclic) bond motifs is 4. The molecule has 0 amide bonds. The minimum absolute atomic E-state index is 0.518. The number of rotatable bonds is 1. The number of halogens is 1. The monoisotopic (exact) mass is 285 g/mol. The molecule has 20 heavy (non-hydrogen) atoms. The van der Waals surface area contributed by atoms with Gasteiger partial charge in [-0.25, -0.2) is 4.98 Å². The molecule has 1 aromatic heterocycles. The molecule has 0 saturated carbocycles. The van der Waals surface area contributed by atoms with E-state index in [4.69, 9.17) is 16.6 Å². The van der Waals surface area contributed by atoms with Gasteiger partial charge in [-0.2, -0.15) is 0 Å². The van der Waals surface area contributed by atoms with Crippen LogP contribution in [0.15, 0.2) is 36.4 Å². The summed E-state index contributed by atoms with van der Waals surface area (Å²) in [5, 5.41) is 4.32. The van der Waals surface area contributed by atoms with Gasteiger partial charge >= 0.3 is 0 Å². The number of benzene rings is 1. The molecule has 0 unspecified atom stereocenters. The number of pyridine rings is 1. The minimum Gasteiger partial charge on any atom is -0.366 e. The van der Waals surface area contributed by atoms with Crippen molar-refractivity contribution in [2.75, 3.05) is 23.3 Å². The Hall–Kier alpha value is -1.74. The van der Waals surface area contributed by atoms with E-state index in [1.165, 1.54) is 5.69 Å². The molecule has 0 aliphatic carbocycles. The summed E-state index contributed by atoms with van der Waals surface area (Å²) >= 11 is 6.06. The molecule has 3 nitrogen and oxygen atoms in total. The highest BCUT2D eigenvalue weighted by Gasteiger charge is 2.35. The van der Waals surface area contributed by atoms with E-state index in [0.29, 0.717) is 12.0 Å². The van der Waals surface area contributed by atoms with Gasteiger partial charge in [-0.15, -0.1) is 0 Å². The molecule has 1 saturated heterocycles. The van der Waals surface area contributed by atoms with Gasteiger partial charge < -0.3 is 10.2 Å². The zero-order valence-electron chi connectivity index (χ0n) is 11.3. The van der Waals surface area contributed by atoms with Crippen molar-refractivity contribution < 1.29 is 0 Å². The van der Waals surface area contributed by atoms with Gasteiger partial charge in [0.1, 0.15) is 0 Å². The lowest BCUT2D eigenvalue weighted by atomic mass is 10.1. The Morgan fingerprint density at radius 3 is 3.00 bits per heavy atom. The van der Waals surface area contributed by atoms with Crippen molar-refractivity contribution in [3.05, 3.63) is 41.4 Å². The topological polar surface area (TPSA) is 28.2 Å². The second-order valence-corrected chi connectivity index (χ2v) is 6.14. The Morgan fingerprint density at radius 2 is 2.15 bits per heavy atom. The van der Waals surface area contributed by atoms with Gasteiger partial charge in [-0.1, -0.05) is 30.7 Å². The highest BCUT2D eigenvalue weighted by molar-refractivity contribution is 6.30. The Bertz CT molecular complexity index is 669. The van der Waals surface area contributed by atoms with E-state index in [1.54, 1.807) is 0 Å². The van der Waals surface area contributed by atoms with Gasteiger partial charge in [0.05, 0.1) is 11.4 Å². The fraction of sp³-hybridized carbons (Fsp3) is 0.312. The zero-order chi connectivity index (χ0) is 13.7. The smallest absolute Gasteiger partial charge is 0.150 e. The third-order valence-corrected chi connectivity index (χ3v) is 4.50. The molecule has 2 atom stereocenters. The van der Waals surface area contributed by atoms with Crippen LogP contribution in [0.4, 0.5) is 11.5 Å². The highest BCUT2D eigenvalue weighted by atomic mass is 35.5. The lowest BCUT2D eigenvalue weighted by Crippen LogP contribution is -2.33. The number of nitrogens with zero attached hydrogens (tertiary/aromatic N) is 2. The summed E-state index contributed by atoms with van der Waals surface area (Å²) in [5.74, 6) is 1.67. The summed E-state index contributed by atoms with van der Waals surface area (Å²) < 4.78 is 0. The van der Waals surface area contributed by atoms with Crippen molar-refractivity contribution in [2.24, 2.45) is 5.92 Å². The summed E-state index contributed by atoms with van der Waals surface area (Å²) in [4.78, 5) is 7.21. The maximum Gasteiger partial charge on any atom is 0.150 e. The van der Waals surface area contributed by atoms with E-state index in [1.807, 2.05) is 24.3 Å². The molecule has 2 aliphatic heterocycles. The van der Waals surface area contributed by atoms with E-state index in [2.05, 4.69) is 29.3 Å². The number of hydrogen-bond donors (Lipinski definition) is 1. The molecule has 2 aromatic rings. The van der Waals surface area contributed by atoms with Crippen LogP contribution in [-0.4, -0.2) is 24.1 Å². The van der Waals surface area contributed by atoms with Gasteiger partial charge in [0.25, 0.3) is 0 Å². The van der Waals surface area contributed by atoms with Crippen molar-refractivity contribution in [3.63, 3.8) is 0 Å². The molecular formula is C16H16ClN3. The van der Waals surface area contributed by atoms with Gasteiger partial charge in [0.2, 0.25) is 0 Å². The standard InChI is InChI=1S/C16H16ClN3/c1-10-8-20-9-14(10)19-16-15(20)6-5-13(18-16)11-3-2-4-12(17)7-11/h2-7,10,14H,8-9H2,1H3,(H,18,19)/t10-,14-/m1/s1. The van der Waals surface area contributed by atoms with Crippen LogP contribution in [0, 0.1) is 5.92 Å². The lowest BCUT2D eigenvalue weighted by Gasteiger charge is -2.28. The van der Waals surface area contributed by atoms with Crippen LogP contribution in [0.1, 0.15) is 6.92 Å². The van der Waals surface area contributed by atoms with Crippen LogP contribution in [0.3, 0.4) is 0 Å². The first-order chi connectivity index (χ1) is 9.70. The predicted molar refractivity (Wildman–Crippen MR) is 83.5 cm³/mol. The van der Waals surface area contributed by atoms with Crippen LogP contribution < -0.4 is 10.2 Å². The Kier molecular flexibility index (Phi) is 2.64. The van der Waals surface area contributed by atoms with Crippen LogP contribution in [-0.2, 0) is 0 Å². The third kappa shape index (κ3) is 1.85. The van der Waals surface area contributed by atoms with Crippen LogP contribution >= 0.6 is 11.6 Å². The average molecular weight is 286 g/mol. The normalized spacial score (nSPS) is 23.4. The van der Waals surface area contributed by atoms with Gasteiger partial charge in [-0.05, 0) is 30.2 Å². The maximum atomic E-state index is 6.06. The molecule has 2 bridgehead atoms. The second kappa shape index (κ2) is 4.38. The maximum absolute atomic E-state index is 6.06. The van der Waals surface area contributed by atoms with Gasteiger partial charge in [0.15, 0.2) is 5.82 Å². The van der Waals surface area contributed by atoms with Crippen LogP contribution in [0.2, 0.25) is 5.02 Å². The zero-order valence-corrected chi connectivity index (χ0v) is 12.1. The highest BCUT2D eigenvalue weighted by Crippen LogP contribution is 2.37. The first-order valence-corrected chi connectivity index (χ1v) is 7.37. The summed E-state index contributed by atoms with van der Waals surface area (Å²) in [6.07, 6.45) is 0. The van der Waals surface area contributed by atoms with Gasteiger partial charge in [0, 0.05) is 29.7 Å². The van der Waals surface area contributed by atoms with Gasteiger partial charge in [-0.3, -0.25) is 0 Å². The van der Waals surface area contributed by atoms with Crippen molar-refractivity contribution in [1.29, 1.82) is 0 Å². The molecule has 4 rings (SSSR count). The molecule has 1 fully saturated rings. The molecule has 0 radical (unpaired) electrons. The molecule has 4 heteroatoms. The fourth-order valence-electron chi connectivity index (χ4n) is 3.15. The Morgan fingerprint density at radius 1 is 1.25 bits per heavy atom. The predicted octanol–water partition coefficient (Wildman–Crippen LogP) is 3.65. The minimum atomic E-state index is 0.518. The summed E-state index contributed by atoms with van der Waals surface area (Å²) in [5.41, 5.74) is 3.24. The summed E-state index contributed by atoms with van der Waals surface area (Å²) in [6.45, 7) is 4.50. The van der Waals surface area contributed by atoms with E-state index in [0.717, 1.165) is 35.2 Å². The van der Waals surface area contributed by atoms with E-state index < -0.39 is 0 Å². The lowest BCUT2D eigenvalue weighted by molar-refractivity contribution is 0.598. The Balaban J connectivity index is 1.76. The largest absolute Gasteiger partial charge is 0.366 e. The Labute approximate surface area is 123 Å². The van der Waals surface area contributed by atoms with E-state index >= 15 is 0 Å². The second-order valence-electron chi connectivity index (χ2n) is 5.71. The third-order valence-electron chi connectivity index (χ3n) is 4.27. The van der Waals surface area contributed by atoms with Crippen LogP contribution in [0.25, 0.3) is 11.3 Å². The number of aromatic nitrogens is 1. The van der Waals surface area contributed by atoms with Crippen molar-refractivity contribution in [2.45, 2.75) is 13.0 Å². The molecule has 0 spiro atoms. The first-order valence-electron chi connectivity index (χ1n) is 6.99. The molecule has 1 aromatic carbocycles. The summed E-state index contributed by atoms with van der Waals surface area (Å²) in [6, 6.07) is 12.6. The quantitative estimate of drug-likeness (QED) is 0.867. The molecule has 1 N–H and O–H groups in total. The molecule has 2 aliphatic rings. The van der Waals surface area contributed by atoms with E-state index in [-0.39, 0.29) is 0 Å². The van der Waals surface area contributed by atoms with Crippen molar-refractivity contribution in [3.8, 4) is 11.3 Å². The molecule has 3 heterocycles. The summed E-state index contributed by atoms with van der Waals surface area (Å²) in [7, 11) is 0. The van der Waals surface area contributed by atoms with Crippen molar-refractivity contribution in [1.82, 2.24) is 4.98 Å². The molecule has 102 valence electrons.